The van der Waals surface area contributed by atoms with Gasteiger partial charge in [-0.1, -0.05) is 39.5 Å². The highest BCUT2D eigenvalue weighted by Gasteiger charge is 2.11. The highest BCUT2D eigenvalue weighted by Crippen LogP contribution is 2.20. The van der Waals surface area contributed by atoms with Crippen molar-refractivity contribution in [2.24, 2.45) is 5.92 Å². The molecule has 0 spiro atoms. The van der Waals surface area contributed by atoms with E-state index in [1.807, 2.05) is 6.92 Å². The van der Waals surface area contributed by atoms with Gasteiger partial charge in [-0.3, -0.25) is 4.79 Å². The second-order valence-corrected chi connectivity index (χ2v) is 4.70. The van der Waals surface area contributed by atoms with E-state index >= 15 is 0 Å². The van der Waals surface area contributed by atoms with E-state index in [1.165, 1.54) is 25.7 Å². The molecule has 0 saturated carbocycles. The Hall–Kier alpha value is -0.240. The quantitative estimate of drug-likeness (QED) is 0.453. The van der Waals surface area contributed by atoms with E-state index < -0.39 is 0 Å². The van der Waals surface area contributed by atoms with Crippen molar-refractivity contribution in [2.75, 3.05) is 5.88 Å². The molecule has 0 aromatic carbocycles. The van der Waals surface area contributed by atoms with Crippen LogP contribution in [0.1, 0.15) is 59.3 Å². The number of hydrogen-bond acceptors (Lipinski definition) is 2. The van der Waals surface area contributed by atoms with Crippen molar-refractivity contribution in [3.05, 3.63) is 0 Å². The average molecular weight is 249 g/mol. The molecule has 96 valence electrons. The van der Waals surface area contributed by atoms with Gasteiger partial charge in [0.15, 0.2) is 0 Å². The van der Waals surface area contributed by atoms with E-state index in [4.69, 9.17) is 16.3 Å². The Morgan fingerprint density at radius 2 is 1.94 bits per heavy atom. The molecule has 0 aliphatic carbocycles. The monoisotopic (exact) mass is 248 g/mol. The molecular formula is C13H25ClO2. The molecule has 0 amide bonds. The lowest BCUT2D eigenvalue weighted by atomic mass is 9.93. The Morgan fingerprint density at radius 1 is 1.25 bits per heavy atom. The molecular weight excluding hydrogens is 224 g/mol. The first-order valence-corrected chi connectivity index (χ1v) is 6.92. The Morgan fingerprint density at radius 3 is 2.44 bits per heavy atom. The maximum atomic E-state index is 11.0. The van der Waals surface area contributed by atoms with Crippen LogP contribution < -0.4 is 0 Å². The van der Waals surface area contributed by atoms with E-state index in [2.05, 4.69) is 13.8 Å². The van der Waals surface area contributed by atoms with Crippen LogP contribution in [-0.2, 0) is 9.53 Å². The number of esters is 1. The van der Waals surface area contributed by atoms with Crippen LogP contribution in [0, 0.1) is 5.92 Å². The highest BCUT2D eigenvalue weighted by molar-refractivity contribution is 6.26. The van der Waals surface area contributed by atoms with E-state index in [-0.39, 0.29) is 18.0 Å². The van der Waals surface area contributed by atoms with Crippen LogP contribution in [0.25, 0.3) is 0 Å². The third-order valence-corrected chi connectivity index (χ3v) is 3.18. The fourth-order valence-corrected chi connectivity index (χ4v) is 1.89. The third-order valence-electron chi connectivity index (χ3n) is 2.97. The second kappa shape index (κ2) is 9.95. The molecule has 2 nitrogen and oxygen atoms in total. The molecule has 0 heterocycles. The largest absolute Gasteiger partial charge is 0.462 e. The lowest BCUT2D eigenvalue weighted by Gasteiger charge is -2.17. The summed E-state index contributed by atoms with van der Waals surface area (Å²) in [6.07, 6.45) is 7.17. The molecule has 2 atom stereocenters. The molecule has 0 aromatic heterocycles. The average Bonchev–Trinajstić information content (AvgIpc) is 2.29. The molecule has 0 saturated heterocycles. The Balaban J connectivity index is 3.69. The van der Waals surface area contributed by atoms with Gasteiger partial charge in [0.1, 0.15) is 5.88 Å². The number of unbranched alkanes of at least 4 members (excludes halogenated alkanes) is 1. The first-order valence-electron chi connectivity index (χ1n) is 6.39. The topological polar surface area (TPSA) is 26.3 Å². The molecule has 0 aliphatic heterocycles. The lowest BCUT2D eigenvalue weighted by molar-refractivity contribution is -0.145. The molecule has 3 heteroatoms. The van der Waals surface area contributed by atoms with Gasteiger partial charge in [0.05, 0.1) is 6.10 Å². The van der Waals surface area contributed by atoms with Crippen molar-refractivity contribution in [1.29, 1.82) is 0 Å². The maximum Gasteiger partial charge on any atom is 0.321 e. The van der Waals surface area contributed by atoms with Gasteiger partial charge in [0.2, 0.25) is 0 Å². The van der Waals surface area contributed by atoms with Gasteiger partial charge in [0.25, 0.3) is 0 Å². The van der Waals surface area contributed by atoms with Crippen LogP contribution in [0.15, 0.2) is 0 Å². The number of hydrogen-bond donors (Lipinski definition) is 0. The third kappa shape index (κ3) is 7.98. The van der Waals surface area contributed by atoms with Crippen molar-refractivity contribution in [2.45, 2.75) is 65.4 Å². The number of carbonyl (C=O) groups is 1. The fraction of sp³-hybridized carbons (Fsp3) is 0.923. The predicted molar refractivity (Wildman–Crippen MR) is 68.8 cm³/mol. The van der Waals surface area contributed by atoms with Crippen LogP contribution in [0.2, 0.25) is 0 Å². The zero-order valence-electron chi connectivity index (χ0n) is 10.8. The minimum atomic E-state index is -0.309. The van der Waals surface area contributed by atoms with E-state index in [1.54, 1.807) is 0 Å². The number of alkyl halides is 1. The van der Waals surface area contributed by atoms with Gasteiger partial charge in [-0.25, -0.2) is 0 Å². The number of ether oxygens (including phenoxy) is 1. The first-order chi connectivity index (χ1) is 7.63. The summed E-state index contributed by atoms with van der Waals surface area (Å²) in [5.41, 5.74) is 0. The second-order valence-electron chi connectivity index (χ2n) is 4.43. The number of rotatable bonds is 9. The molecule has 0 unspecified atom stereocenters. The molecule has 0 bridgehead atoms. The first kappa shape index (κ1) is 15.8. The summed E-state index contributed by atoms with van der Waals surface area (Å²) >= 11 is 5.38. The minimum absolute atomic E-state index is 0.00178. The molecule has 0 rings (SSSR count). The van der Waals surface area contributed by atoms with Gasteiger partial charge in [0, 0.05) is 0 Å². The summed E-state index contributed by atoms with van der Waals surface area (Å²) in [4.78, 5) is 11.0. The van der Waals surface area contributed by atoms with Gasteiger partial charge >= 0.3 is 5.97 Å². The van der Waals surface area contributed by atoms with Crippen molar-refractivity contribution < 1.29 is 9.53 Å². The molecule has 0 aliphatic rings. The summed E-state index contributed by atoms with van der Waals surface area (Å²) in [5, 5.41) is 0. The molecule has 0 aromatic rings. The van der Waals surface area contributed by atoms with Crippen LogP contribution in [0.3, 0.4) is 0 Å². The van der Waals surface area contributed by atoms with Gasteiger partial charge < -0.3 is 4.74 Å². The van der Waals surface area contributed by atoms with Crippen LogP contribution >= 0.6 is 11.6 Å². The predicted octanol–water partition coefficient (Wildman–Crippen LogP) is 4.15. The van der Waals surface area contributed by atoms with E-state index in [0.29, 0.717) is 0 Å². The van der Waals surface area contributed by atoms with E-state index in [0.717, 1.165) is 18.8 Å². The zero-order chi connectivity index (χ0) is 12.4. The van der Waals surface area contributed by atoms with Crippen molar-refractivity contribution in [3.63, 3.8) is 0 Å². The summed E-state index contributed by atoms with van der Waals surface area (Å²) in [5.74, 6) is 0.421. The van der Waals surface area contributed by atoms with Crippen LogP contribution in [0.4, 0.5) is 0 Å². The number of halogens is 1. The van der Waals surface area contributed by atoms with E-state index in [9.17, 15) is 4.79 Å². The Kier molecular flexibility index (Phi) is 9.80. The normalized spacial score (nSPS) is 14.5. The molecule has 0 N–H and O–H groups in total. The van der Waals surface area contributed by atoms with Gasteiger partial charge in [-0.2, -0.15) is 0 Å². The van der Waals surface area contributed by atoms with Gasteiger partial charge in [-0.05, 0) is 25.7 Å². The van der Waals surface area contributed by atoms with Crippen molar-refractivity contribution in [1.82, 2.24) is 0 Å². The minimum Gasteiger partial charge on any atom is -0.462 e. The standard InChI is InChI=1S/C13H25ClO2/c1-4-6-7-12(5-2)9-8-11(3)16-13(15)10-14/h11-12H,4-10H2,1-3H3/t11-,12-/m0/s1. The van der Waals surface area contributed by atoms with Crippen molar-refractivity contribution in [3.8, 4) is 0 Å². The zero-order valence-corrected chi connectivity index (χ0v) is 11.6. The smallest absolute Gasteiger partial charge is 0.321 e. The summed E-state index contributed by atoms with van der Waals surface area (Å²) < 4.78 is 5.13. The lowest BCUT2D eigenvalue weighted by Crippen LogP contribution is -2.17. The molecule has 0 fully saturated rings. The highest BCUT2D eigenvalue weighted by atomic mass is 35.5. The van der Waals surface area contributed by atoms with Gasteiger partial charge in [-0.15, -0.1) is 11.6 Å². The van der Waals surface area contributed by atoms with Crippen LogP contribution in [-0.4, -0.2) is 18.0 Å². The summed E-state index contributed by atoms with van der Waals surface area (Å²) in [6, 6.07) is 0. The van der Waals surface area contributed by atoms with Crippen molar-refractivity contribution >= 4 is 17.6 Å². The Labute approximate surface area is 105 Å². The molecule has 16 heavy (non-hydrogen) atoms. The SMILES string of the molecule is CCCC[C@H](CC)CC[C@H](C)OC(=O)CCl. The summed E-state index contributed by atoms with van der Waals surface area (Å²) in [6.45, 7) is 6.39. The Bertz CT molecular complexity index is 183. The summed E-state index contributed by atoms with van der Waals surface area (Å²) in [7, 11) is 0. The fourth-order valence-electron chi connectivity index (χ4n) is 1.83. The number of carbonyl (C=O) groups excluding carboxylic acids is 1. The molecule has 0 radical (unpaired) electrons. The van der Waals surface area contributed by atoms with Crippen LogP contribution in [0.5, 0.6) is 0 Å². The maximum absolute atomic E-state index is 11.0.